The molecule has 1 heterocycles. The van der Waals surface area contributed by atoms with Crippen molar-refractivity contribution in [3.8, 4) is 0 Å². The van der Waals surface area contributed by atoms with Gasteiger partial charge in [0.1, 0.15) is 0 Å². The van der Waals surface area contributed by atoms with E-state index in [2.05, 4.69) is 4.90 Å². The fraction of sp³-hybridized carbons (Fsp3) is 0.667. The largest absolute Gasteiger partial charge is 0.417 e. The van der Waals surface area contributed by atoms with Crippen LogP contribution in [0, 0.1) is 0 Å². The maximum atomic E-state index is 13.0. The van der Waals surface area contributed by atoms with Gasteiger partial charge < -0.3 is 14.7 Å². The summed E-state index contributed by atoms with van der Waals surface area (Å²) in [4.78, 5) is 3.99. The van der Waals surface area contributed by atoms with E-state index < -0.39 is 17.8 Å². The van der Waals surface area contributed by atoms with Crippen LogP contribution < -0.4 is 4.90 Å². The second-order valence-electron chi connectivity index (χ2n) is 7.53. The van der Waals surface area contributed by atoms with Gasteiger partial charge in [-0.25, -0.2) is 0 Å². The zero-order valence-electron chi connectivity index (χ0n) is 15.3. The number of piperazine rings is 1. The molecule has 0 aromatic heterocycles. The highest BCUT2D eigenvalue weighted by atomic mass is 35.5. The van der Waals surface area contributed by atoms with E-state index in [0.717, 1.165) is 6.07 Å². The minimum absolute atomic E-state index is 0.260. The lowest BCUT2D eigenvalue weighted by Crippen LogP contribution is -2.49. The third-order valence-electron chi connectivity index (χ3n) is 4.17. The van der Waals surface area contributed by atoms with Gasteiger partial charge in [0, 0.05) is 38.4 Å². The average molecular weight is 395 g/mol. The molecule has 0 aliphatic carbocycles. The summed E-state index contributed by atoms with van der Waals surface area (Å²) in [6.45, 7) is 9.04. The number of anilines is 1. The Balaban J connectivity index is 1.89. The number of rotatable bonds is 5. The minimum atomic E-state index is -4.47. The molecule has 1 N–H and O–H groups in total. The summed E-state index contributed by atoms with van der Waals surface area (Å²) in [5.41, 5.74) is -0.600. The number of benzene rings is 1. The first kappa shape index (κ1) is 21.3. The maximum absolute atomic E-state index is 13.0. The smallest absolute Gasteiger partial charge is 0.389 e. The molecule has 4 nitrogen and oxygen atoms in total. The van der Waals surface area contributed by atoms with Crippen LogP contribution in [-0.2, 0) is 10.9 Å². The number of aliphatic hydroxyl groups excluding tert-OH is 1. The van der Waals surface area contributed by atoms with Crippen molar-refractivity contribution >= 4 is 17.3 Å². The van der Waals surface area contributed by atoms with E-state index in [1.165, 1.54) is 6.07 Å². The molecule has 8 heteroatoms. The summed E-state index contributed by atoms with van der Waals surface area (Å²) in [5.74, 6) is 0. The summed E-state index contributed by atoms with van der Waals surface area (Å²) < 4.78 is 44.6. The molecular formula is C18H26ClF3N2O2. The molecule has 1 aliphatic heterocycles. The molecule has 26 heavy (non-hydrogen) atoms. The van der Waals surface area contributed by atoms with Crippen molar-refractivity contribution in [2.45, 2.75) is 38.7 Å². The molecule has 0 bridgehead atoms. The number of nitrogens with zero attached hydrogens (tertiary/aromatic N) is 2. The molecule has 0 saturated carbocycles. The molecule has 1 aromatic carbocycles. The highest BCUT2D eigenvalue weighted by Crippen LogP contribution is 2.37. The lowest BCUT2D eigenvalue weighted by molar-refractivity contribution is -0.137. The number of aliphatic hydroxyl groups is 1. The normalized spacial score (nSPS) is 18.2. The van der Waals surface area contributed by atoms with Crippen LogP contribution in [0.4, 0.5) is 18.9 Å². The zero-order valence-corrected chi connectivity index (χ0v) is 16.1. The Kier molecular flexibility index (Phi) is 6.82. The molecule has 1 aliphatic rings. The van der Waals surface area contributed by atoms with Gasteiger partial charge in [0.25, 0.3) is 0 Å². The van der Waals surface area contributed by atoms with Gasteiger partial charge >= 0.3 is 6.18 Å². The minimum Gasteiger partial charge on any atom is -0.389 e. The summed E-state index contributed by atoms with van der Waals surface area (Å²) in [6.07, 6.45) is -5.06. The van der Waals surface area contributed by atoms with Crippen LogP contribution in [0.15, 0.2) is 18.2 Å². The van der Waals surface area contributed by atoms with Crippen LogP contribution in [0.2, 0.25) is 5.02 Å². The van der Waals surface area contributed by atoms with Gasteiger partial charge in [0.2, 0.25) is 0 Å². The molecule has 0 amide bonds. The Labute approximate surface area is 157 Å². The van der Waals surface area contributed by atoms with E-state index >= 15 is 0 Å². The molecule has 2 rings (SSSR count). The SMILES string of the molecule is CC(C)(C)OCC(O)CN1CCN(c2ccc(Cl)c(C(F)(F)F)c2)CC1. The van der Waals surface area contributed by atoms with E-state index in [9.17, 15) is 18.3 Å². The summed E-state index contributed by atoms with van der Waals surface area (Å²) in [6, 6.07) is 4.00. The lowest BCUT2D eigenvalue weighted by atomic mass is 10.1. The molecular weight excluding hydrogens is 369 g/mol. The molecule has 0 radical (unpaired) electrons. The Morgan fingerprint density at radius 1 is 1.15 bits per heavy atom. The van der Waals surface area contributed by atoms with Gasteiger partial charge in [-0.1, -0.05) is 11.6 Å². The first-order valence-corrected chi connectivity index (χ1v) is 8.99. The second-order valence-corrected chi connectivity index (χ2v) is 7.93. The van der Waals surface area contributed by atoms with Gasteiger partial charge in [0.15, 0.2) is 0 Å². The van der Waals surface area contributed by atoms with Gasteiger partial charge in [-0.3, -0.25) is 4.90 Å². The van der Waals surface area contributed by atoms with Crippen molar-refractivity contribution in [3.63, 3.8) is 0 Å². The second kappa shape index (κ2) is 8.33. The van der Waals surface area contributed by atoms with Crippen molar-refractivity contribution in [3.05, 3.63) is 28.8 Å². The predicted octanol–water partition coefficient (Wildman–Crippen LogP) is 3.66. The average Bonchev–Trinajstić information content (AvgIpc) is 2.52. The van der Waals surface area contributed by atoms with Crippen LogP contribution in [0.5, 0.6) is 0 Å². The van der Waals surface area contributed by atoms with Gasteiger partial charge in [-0.05, 0) is 39.0 Å². The monoisotopic (exact) mass is 394 g/mol. The number of hydrogen-bond donors (Lipinski definition) is 1. The fourth-order valence-electron chi connectivity index (χ4n) is 2.81. The Hall–Kier alpha value is -1.02. The van der Waals surface area contributed by atoms with Gasteiger partial charge in [0.05, 0.1) is 28.9 Å². The van der Waals surface area contributed by atoms with E-state index in [0.29, 0.717) is 38.4 Å². The topological polar surface area (TPSA) is 35.9 Å². The van der Waals surface area contributed by atoms with Crippen LogP contribution in [0.3, 0.4) is 0 Å². The van der Waals surface area contributed by atoms with Crippen molar-refractivity contribution in [2.75, 3.05) is 44.2 Å². The molecule has 1 fully saturated rings. The van der Waals surface area contributed by atoms with Gasteiger partial charge in [-0.15, -0.1) is 0 Å². The number of ether oxygens (including phenoxy) is 1. The standard InChI is InChI=1S/C18H26ClF3N2O2/c1-17(2,3)26-12-14(25)11-23-6-8-24(9-7-23)13-4-5-16(19)15(10-13)18(20,21)22/h4-5,10,14,25H,6-9,11-12H2,1-3H3. The van der Waals surface area contributed by atoms with Crippen LogP contribution in [0.25, 0.3) is 0 Å². The van der Waals surface area contributed by atoms with Crippen LogP contribution in [-0.4, -0.2) is 61.0 Å². The van der Waals surface area contributed by atoms with E-state index in [-0.39, 0.29) is 17.2 Å². The molecule has 1 atom stereocenters. The summed E-state index contributed by atoms with van der Waals surface area (Å²) in [5, 5.41) is 9.79. The van der Waals surface area contributed by atoms with Crippen LogP contribution in [0.1, 0.15) is 26.3 Å². The van der Waals surface area contributed by atoms with Gasteiger partial charge in [-0.2, -0.15) is 13.2 Å². The number of alkyl halides is 3. The highest BCUT2D eigenvalue weighted by Gasteiger charge is 2.34. The Morgan fingerprint density at radius 3 is 2.31 bits per heavy atom. The highest BCUT2D eigenvalue weighted by molar-refractivity contribution is 6.31. The first-order chi connectivity index (χ1) is 12.0. The number of β-amino-alcohol motifs (C(OH)–C–C–N with tert-alkyl or cyclic N) is 1. The predicted molar refractivity (Wildman–Crippen MR) is 96.8 cm³/mol. The molecule has 1 unspecified atom stereocenters. The van der Waals surface area contributed by atoms with E-state index in [1.807, 2.05) is 25.7 Å². The molecule has 0 spiro atoms. The van der Waals surface area contributed by atoms with E-state index in [1.54, 1.807) is 6.07 Å². The van der Waals surface area contributed by atoms with Crippen molar-refractivity contribution in [1.29, 1.82) is 0 Å². The van der Waals surface area contributed by atoms with Crippen LogP contribution >= 0.6 is 11.6 Å². The third kappa shape index (κ3) is 6.30. The number of hydrogen-bond acceptors (Lipinski definition) is 4. The van der Waals surface area contributed by atoms with Crippen molar-refractivity contribution < 1.29 is 23.0 Å². The summed E-state index contributed by atoms with van der Waals surface area (Å²) in [7, 11) is 0. The maximum Gasteiger partial charge on any atom is 0.417 e. The van der Waals surface area contributed by atoms with Crippen molar-refractivity contribution in [1.82, 2.24) is 4.90 Å². The first-order valence-electron chi connectivity index (χ1n) is 8.62. The Bertz CT molecular complexity index is 597. The summed E-state index contributed by atoms with van der Waals surface area (Å²) >= 11 is 5.68. The molecule has 1 aromatic rings. The molecule has 148 valence electrons. The fourth-order valence-corrected chi connectivity index (χ4v) is 3.04. The zero-order chi connectivity index (χ0) is 19.5. The van der Waals surface area contributed by atoms with Crippen molar-refractivity contribution in [2.24, 2.45) is 0 Å². The van der Waals surface area contributed by atoms with E-state index in [4.69, 9.17) is 16.3 Å². The third-order valence-corrected chi connectivity index (χ3v) is 4.50. The quantitative estimate of drug-likeness (QED) is 0.826. The number of halogens is 4. The molecule has 1 saturated heterocycles. The Morgan fingerprint density at radius 2 is 1.77 bits per heavy atom. The lowest BCUT2D eigenvalue weighted by Gasteiger charge is -2.37.